The second-order valence-electron chi connectivity index (χ2n) is 5.17. The fraction of sp³-hybridized carbons (Fsp3) is 0.571. The second kappa shape index (κ2) is 6.67. The van der Waals surface area contributed by atoms with Gasteiger partial charge in [0.1, 0.15) is 5.69 Å². The standard InChI is InChI=1S/C14H21N3O3/c15-12(6-9-18)11-4-5-13(14(10-11)17(19)20)16-7-2-1-3-8-16/h4-5,10,12,18H,1-3,6-9,15H2. The third-order valence-corrected chi connectivity index (χ3v) is 3.76. The van der Waals surface area contributed by atoms with Crippen molar-refractivity contribution < 1.29 is 10.0 Å². The fourth-order valence-electron chi connectivity index (χ4n) is 2.63. The van der Waals surface area contributed by atoms with Crippen LogP contribution in [0.15, 0.2) is 18.2 Å². The van der Waals surface area contributed by atoms with Gasteiger partial charge < -0.3 is 15.7 Å². The molecule has 0 aromatic heterocycles. The summed E-state index contributed by atoms with van der Waals surface area (Å²) in [5.41, 5.74) is 7.39. The third-order valence-electron chi connectivity index (χ3n) is 3.76. The van der Waals surface area contributed by atoms with E-state index >= 15 is 0 Å². The van der Waals surface area contributed by atoms with Crippen LogP contribution >= 0.6 is 0 Å². The van der Waals surface area contributed by atoms with Crippen LogP contribution in [0, 0.1) is 10.1 Å². The average molecular weight is 279 g/mol. The number of hydrogen-bond donors (Lipinski definition) is 2. The molecule has 0 saturated carbocycles. The molecule has 1 aromatic carbocycles. The van der Waals surface area contributed by atoms with Gasteiger partial charge in [0.05, 0.1) is 4.92 Å². The summed E-state index contributed by atoms with van der Waals surface area (Å²) in [6.45, 7) is 1.70. The molecular weight excluding hydrogens is 258 g/mol. The zero-order valence-electron chi connectivity index (χ0n) is 11.5. The lowest BCUT2D eigenvalue weighted by Crippen LogP contribution is -2.30. The Balaban J connectivity index is 2.30. The normalized spacial score (nSPS) is 17.0. The van der Waals surface area contributed by atoms with Gasteiger partial charge in [-0.25, -0.2) is 0 Å². The Kier molecular flexibility index (Phi) is 4.92. The lowest BCUT2D eigenvalue weighted by molar-refractivity contribution is -0.384. The highest BCUT2D eigenvalue weighted by molar-refractivity contribution is 5.64. The first kappa shape index (κ1) is 14.7. The molecule has 2 rings (SSSR count). The van der Waals surface area contributed by atoms with Gasteiger partial charge in [0.2, 0.25) is 0 Å². The van der Waals surface area contributed by atoms with Gasteiger partial charge in [-0.15, -0.1) is 0 Å². The highest BCUT2D eigenvalue weighted by Crippen LogP contribution is 2.32. The SMILES string of the molecule is NC(CCO)c1ccc(N2CCCCC2)c([N+](=O)[O-])c1. The molecule has 110 valence electrons. The minimum absolute atomic E-state index is 0.0250. The van der Waals surface area contributed by atoms with Crippen LogP contribution in [0.4, 0.5) is 11.4 Å². The largest absolute Gasteiger partial charge is 0.396 e. The van der Waals surface area contributed by atoms with Crippen molar-refractivity contribution in [3.05, 3.63) is 33.9 Å². The molecule has 3 N–H and O–H groups in total. The van der Waals surface area contributed by atoms with Crippen molar-refractivity contribution >= 4 is 11.4 Å². The minimum atomic E-state index is -0.367. The van der Waals surface area contributed by atoms with Gasteiger partial charge in [0.25, 0.3) is 5.69 Å². The zero-order chi connectivity index (χ0) is 14.5. The molecule has 1 aromatic rings. The Labute approximate surface area is 118 Å². The van der Waals surface area contributed by atoms with Crippen LogP contribution < -0.4 is 10.6 Å². The van der Waals surface area contributed by atoms with E-state index in [0.717, 1.165) is 25.9 Å². The number of piperidine rings is 1. The average Bonchev–Trinajstić information content (AvgIpc) is 2.47. The molecule has 6 nitrogen and oxygen atoms in total. The molecule has 6 heteroatoms. The van der Waals surface area contributed by atoms with Gasteiger partial charge in [0, 0.05) is 31.8 Å². The van der Waals surface area contributed by atoms with E-state index in [2.05, 4.69) is 4.90 Å². The second-order valence-corrected chi connectivity index (χ2v) is 5.17. The first-order valence-corrected chi connectivity index (χ1v) is 7.03. The first-order chi connectivity index (χ1) is 9.63. The summed E-state index contributed by atoms with van der Waals surface area (Å²) in [6.07, 6.45) is 3.73. The molecule has 1 saturated heterocycles. The lowest BCUT2D eigenvalue weighted by Gasteiger charge is -2.28. The van der Waals surface area contributed by atoms with Crippen molar-refractivity contribution in [1.29, 1.82) is 0 Å². The summed E-state index contributed by atoms with van der Waals surface area (Å²) in [5, 5.41) is 20.2. The third kappa shape index (κ3) is 3.26. The fourth-order valence-corrected chi connectivity index (χ4v) is 2.63. The van der Waals surface area contributed by atoms with Crippen LogP contribution in [0.25, 0.3) is 0 Å². The Hall–Kier alpha value is -1.66. The van der Waals surface area contributed by atoms with E-state index in [9.17, 15) is 10.1 Å². The monoisotopic (exact) mass is 279 g/mol. The Morgan fingerprint density at radius 3 is 2.65 bits per heavy atom. The van der Waals surface area contributed by atoms with Crippen LogP contribution in [0.3, 0.4) is 0 Å². The summed E-state index contributed by atoms with van der Waals surface area (Å²) in [7, 11) is 0. The number of nitrogens with zero attached hydrogens (tertiary/aromatic N) is 2. The van der Waals surface area contributed by atoms with E-state index in [0.29, 0.717) is 17.7 Å². The van der Waals surface area contributed by atoms with Crippen molar-refractivity contribution in [2.24, 2.45) is 5.73 Å². The van der Waals surface area contributed by atoms with E-state index in [1.807, 2.05) is 6.07 Å². The first-order valence-electron chi connectivity index (χ1n) is 7.03. The molecule has 0 spiro atoms. The molecule has 1 aliphatic heterocycles. The summed E-state index contributed by atoms with van der Waals surface area (Å²) >= 11 is 0. The van der Waals surface area contributed by atoms with Crippen molar-refractivity contribution in [2.75, 3.05) is 24.6 Å². The van der Waals surface area contributed by atoms with Crippen LogP contribution in [0.2, 0.25) is 0 Å². The number of benzene rings is 1. The number of aliphatic hydroxyl groups excluding tert-OH is 1. The van der Waals surface area contributed by atoms with E-state index in [-0.39, 0.29) is 23.3 Å². The number of hydrogen-bond acceptors (Lipinski definition) is 5. The molecule has 1 aliphatic rings. The Bertz CT molecular complexity index is 473. The highest BCUT2D eigenvalue weighted by atomic mass is 16.6. The van der Waals surface area contributed by atoms with Crippen LogP contribution in [0.1, 0.15) is 37.3 Å². The maximum atomic E-state index is 11.3. The summed E-state index contributed by atoms with van der Waals surface area (Å²) in [6, 6.07) is 4.80. The molecule has 0 bridgehead atoms. The van der Waals surface area contributed by atoms with E-state index < -0.39 is 0 Å². The van der Waals surface area contributed by atoms with Gasteiger partial charge in [-0.3, -0.25) is 10.1 Å². The van der Waals surface area contributed by atoms with Gasteiger partial charge in [-0.1, -0.05) is 6.07 Å². The van der Waals surface area contributed by atoms with Crippen molar-refractivity contribution in [3.63, 3.8) is 0 Å². The maximum absolute atomic E-state index is 11.3. The van der Waals surface area contributed by atoms with Gasteiger partial charge >= 0.3 is 0 Å². The number of nitrogens with two attached hydrogens (primary N) is 1. The van der Waals surface area contributed by atoms with Gasteiger partial charge in [-0.05, 0) is 37.3 Å². The number of rotatable bonds is 5. The Morgan fingerprint density at radius 1 is 1.35 bits per heavy atom. The molecule has 1 atom stereocenters. The van der Waals surface area contributed by atoms with E-state index in [1.54, 1.807) is 12.1 Å². The van der Waals surface area contributed by atoms with Crippen molar-refractivity contribution in [1.82, 2.24) is 0 Å². The maximum Gasteiger partial charge on any atom is 0.292 e. The molecule has 1 heterocycles. The van der Waals surface area contributed by atoms with Crippen molar-refractivity contribution in [3.8, 4) is 0 Å². The predicted octanol–water partition coefficient (Wildman–Crippen LogP) is 1.97. The van der Waals surface area contributed by atoms with Gasteiger partial charge in [0.15, 0.2) is 0 Å². The number of nitro groups is 1. The Morgan fingerprint density at radius 2 is 2.05 bits per heavy atom. The summed E-state index contributed by atoms with van der Waals surface area (Å²) < 4.78 is 0. The molecule has 1 fully saturated rings. The highest BCUT2D eigenvalue weighted by Gasteiger charge is 2.22. The van der Waals surface area contributed by atoms with E-state index in [4.69, 9.17) is 10.8 Å². The van der Waals surface area contributed by atoms with E-state index in [1.165, 1.54) is 6.42 Å². The molecule has 1 unspecified atom stereocenters. The predicted molar refractivity (Wildman–Crippen MR) is 77.8 cm³/mol. The quantitative estimate of drug-likeness (QED) is 0.635. The smallest absolute Gasteiger partial charge is 0.292 e. The summed E-state index contributed by atoms with van der Waals surface area (Å²) in [4.78, 5) is 13.0. The number of nitro benzene ring substituents is 1. The molecule has 20 heavy (non-hydrogen) atoms. The molecule has 0 aliphatic carbocycles. The number of anilines is 1. The molecule has 0 radical (unpaired) electrons. The molecular formula is C14H21N3O3. The van der Waals surface area contributed by atoms with Gasteiger partial charge in [-0.2, -0.15) is 0 Å². The number of aliphatic hydroxyl groups is 1. The minimum Gasteiger partial charge on any atom is -0.396 e. The van der Waals surface area contributed by atoms with Crippen molar-refractivity contribution in [2.45, 2.75) is 31.7 Å². The molecule has 0 amide bonds. The van der Waals surface area contributed by atoms with Crippen LogP contribution in [0.5, 0.6) is 0 Å². The van der Waals surface area contributed by atoms with Crippen LogP contribution in [-0.2, 0) is 0 Å². The van der Waals surface area contributed by atoms with Crippen LogP contribution in [-0.4, -0.2) is 29.7 Å². The summed E-state index contributed by atoms with van der Waals surface area (Å²) in [5.74, 6) is 0. The zero-order valence-corrected chi connectivity index (χ0v) is 11.5. The lowest BCUT2D eigenvalue weighted by atomic mass is 10.0. The topological polar surface area (TPSA) is 92.6 Å².